The van der Waals surface area contributed by atoms with E-state index in [9.17, 15) is 4.39 Å². The van der Waals surface area contributed by atoms with Gasteiger partial charge in [0, 0.05) is 11.5 Å². The van der Waals surface area contributed by atoms with Crippen molar-refractivity contribution in [2.45, 2.75) is 5.33 Å². The van der Waals surface area contributed by atoms with Crippen LogP contribution in [-0.2, 0) is 5.33 Å². The van der Waals surface area contributed by atoms with Crippen LogP contribution in [0.5, 0.6) is 0 Å². The molecule has 0 N–H and O–H groups in total. The Morgan fingerprint density at radius 1 is 1.46 bits per heavy atom. The van der Waals surface area contributed by atoms with Crippen LogP contribution in [0, 0.1) is 5.95 Å². The highest BCUT2D eigenvalue weighted by Crippen LogP contribution is 2.09. The van der Waals surface area contributed by atoms with Crippen LogP contribution in [0.1, 0.15) is 5.69 Å². The van der Waals surface area contributed by atoms with Gasteiger partial charge < -0.3 is 0 Å². The van der Waals surface area contributed by atoms with Crippen molar-refractivity contribution in [2.24, 2.45) is 0 Å². The summed E-state index contributed by atoms with van der Waals surface area (Å²) in [7, 11) is 0. The molecule has 13 heavy (non-hydrogen) atoms. The number of hydrogen-bond acceptors (Lipinski definition) is 1. The van der Waals surface area contributed by atoms with Gasteiger partial charge in [0.1, 0.15) is 5.65 Å². The summed E-state index contributed by atoms with van der Waals surface area (Å²) in [5.74, 6) is -0.285. The highest BCUT2D eigenvalue weighted by Gasteiger charge is 2.02. The summed E-state index contributed by atoms with van der Waals surface area (Å²) in [4.78, 5) is 4.17. The Morgan fingerprint density at radius 2 is 2.23 bits per heavy atom. The average Bonchev–Trinajstić information content (AvgIpc) is 2.49. The summed E-state index contributed by atoms with van der Waals surface area (Å²) < 4.78 is 14.5. The van der Waals surface area contributed by atoms with E-state index in [0.717, 1.165) is 5.69 Å². The highest BCUT2D eigenvalue weighted by molar-refractivity contribution is 9.08. The molecule has 0 bridgehead atoms. The summed E-state index contributed by atoms with van der Waals surface area (Å²) in [6, 6.07) is 4.83. The van der Waals surface area contributed by atoms with E-state index in [1.54, 1.807) is 18.3 Å². The molecule has 0 radical (unpaired) electrons. The first-order chi connectivity index (χ1) is 5.81. The Kier molecular flexibility index (Phi) is 3.44. The van der Waals surface area contributed by atoms with Crippen LogP contribution in [0.3, 0.4) is 0 Å². The lowest BCUT2D eigenvalue weighted by atomic mass is 10.5. The monoisotopic (exact) mass is 308 g/mol. The van der Waals surface area contributed by atoms with Gasteiger partial charge in [-0.25, -0.2) is 4.98 Å². The number of pyridine rings is 1. The van der Waals surface area contributed by atoms with Crippen molar-refractivity contribution in [2.75, 3.05) is 0 Å². The lowest BCUT2D eigenvalue weighted by Gasteiger charge is -1.91. The van der Waals surface area contributed by atoms with Gasteiger partial charge in [0.15, 0.2) is 5.95 Å². The molecule has 0 spiro atoms. The number of hydrogen-bond donors (Lipinski definition) is 0. The van der Waals surface area contributed by atoms with E-state index in [0.29, 0.717) is 11.0 Å². The summed E-state index contributed by atoms with van der Waals surface area (Å²) in [5, 5.41) is 0.647. The standard InChI is InChI=1S/C8H6BrFN2.BrH/c9-4-6-5-12-7(10)2-1-3-8(12)11-6;/h1-3,5H,4H2;1H. The minimum absolute atomic E-state index is 0. The fourth-order valence-electron chi connectivity index (χ4n) is 1.09. The van der Waals surface area contributed by atoms with Crippen molar-refractivity contribution in [3.63, 3.8) is 0 Å². The quantitative estimate of drug-likeness (QED) is 0.585. The van der Waals surface area contributed by atoms with Gasteiger partial charge in [-0.2, -0.15) is 4.39 Å². The third-order valence-corrected chi connectivity index (χ3v) is 2.20. The summed E-state index contributed by atoms with van der Waals surface area (Å²) >= 11 is 3.26. The zero-order valence-electron chi connectivity index (χ0n) is 6.58. The number of halogens is 3. The number of rotatable bonds is 1. The van der Waals surface area contributed by atoms with E-state index >= 15 is 0 Å². The van der Waals surface area contributed by atoms with Gasteiger partial charge in [-0.1, -0.05) is 22.0 Å². The Labute approximate surface area is 93.7 Å². The van der Waals surface area contributed by atoms with Crippen molar-refractivity contribution in [1.29, 1.82) is 0 Å². The third kappa shape index (κ3) is 1.91. The molecule has 0 fully saturated rings. The summed E-state index contributed by atoms with van der Waals surface area (Å²) in [6.07, 6.45) is 1.68. The maximum absolute atomic E-state index is 13.0. The van der Waals surface area contributed by atoms with Gasteiger partial charge in [-0.3, -0.25) is 4.40 Å². The number of imidazole rings is 1. The van der Waals surface area contributed by atoms with Gasteiger partial charge >= 0.3 is 0 Å². The molecule has 2 heterocycles. The van der Waals surface area contributed by atoms with Gasteiger partial charge in [-0.05, 0) is 12.1 Å². The molecule has 2 aromatic rings. The molecule has 0 atom stereocenters. The minimum atomic E-state index is -0.285. The molecule has 0 saturated carbocycles. The number of aromatic nitrogens is 2. The van der Waals surface area contributed by atoms with E-state index < -0.39 is 0 Å². The molecule has 5 heteroatoms. The number of alkyl halides is 1. The lowest BCUT2D eigenvalue weighted by molar-refractivity contribution is 0.567. The van der Waals surface area contributed by atoms with Crippen LogP contribution in [0.15, 0.2) is 24.4 Å². The molecule has 70 valence electrons. The molecule has 0 aliphatic heterocycles. The van der Waals surface area contributed by atoms with Crippen LogP contribution in [0.25, 0.3) is 5.65 Å². The van der Waals surface area contributed by atoms with Crippen molar-refractivity contribution in [3.05, 3.63) is 36.0 Å². The van der Waals surface area contributed by atoms with Crippen LogP contribution >= 0.6 is 32.9 Å². The molecule has 2 nitrogen and oxygen atoms in total. The maximum atomic E-state index is 13.0. The fourth-order valence-corrected chi connectivity index (χ4v) is 1.36. The van der Waals surface area contributed by atoms with E-state index in [1.165, 1.54) is 10.5 Å². The molecule has 0 aliphatic rings. The highest BCUT2D eigenvalue weighted by atomic mass is 79.9. The van der Waals surface area contributed by atoms with Crippen molar-refractivity contribution in [1.82, 2.24) is 9.38 Å². The normalized spacial score (nSPS) is 10.0. The maximum Gasteiger partial charge on any atom is 0.199 e. The second-order valence-corrected chi connectivity index (χ2v) is 3.00. The molecular weight excluding hydrogens is 303 g/mol. The predicted octanol–water partition coefficient (Wildman–Crippen LogP) is 2.95. The van der Waals surface area contributed by atoms with Gasteiger partial charge in [0.2, 0.25) is 0 Å². The third-order valence-electron chi connectivity index (χ3n) is 1.63. The van der Waals surface area contributed by atoms with E-state index in [-0.39, 0.29) is 22.9 Å². The van der Waals surface area contributed by atoms with Gasteiger partial charge in [-0.15, -0.1) is 17.0 Å². The van der Waals surface area contributed by atoms with Crippen molar-refractivity contribution < 1.29 is 4.39 Å². The topological polar surface area (TPSA) is 17.3 Å². The van der Waals surface area contributed by atoms with Crippen LogP contribution in [0.4, 0.5) is 4.39 Å². The Bertz CT molecular complexity index is 413. The first-order valence-corrected chi connectivity index (χ1v) is 4.62. The second kappa shape index (κ2) is 4.19. The first-order valence-electron chi connectivity index (χ1n) is 3.50. The van der Waals surface area contributed by atoms with Crippen molar-refractivity contribution in [3.8, 4) is 0 Å². The number of fused-ring (bicyclic) bond motifs is 1. The average molecular weight is 310 g/mol. The van der Waals surface area contributed by atoms with Crippen molar-refractivity contribution >= 4 is 38.6 Å². The van der Waals surface area contributed by atoms with E-state index in [2.05, 4.69) is 20.9 Å². The van der Waals surface area contributed by atoms with Crippen LogP contribution in [0.2, 0.25) is 0 Å². The molecule has 2 rings (SSSR count). The Hall–Kier alpha value is -0.420. The Balaban J connectivity index is 0.000000845. The SMILES string of the molecule is Br.Fc1cccc2nc(CBr)cn12. The summed E-state index contributed by atoms with van der Waals surface area (Å²) in [6.45, 7) is 0. The van der Waals surface area contributed by atoms with Crippen LogP contribution < -0.4 is 0 Å². The van der Waals surface area contributed by atoms with E-state index in [4.69, 9.17) is 0 Å². The largest absolute Gasteiger partial charge is 0.276 e. The summed E-state index contributed by atoms with van der Waals surface area (Å²) in [5.41, 5.74) is 1.48. The van der Waals surface area contributed by atoms with Gasteiger partial charge in [0.25, 0.3) is 0 Å². The predicted molar refractivity (Wildman–Crippen MR) is 58.1 cm³/mol. The molecule has 0 aliphatic carbocycles. The zero-order valence-corrected chi connectivity index (χ0v) is 9.87. The molecule has 0 aromatic carbocycles. The zero-order chi connectivity index (χ0) is 8.55. The lowest BCUT2D eigenvalue weighted by Crippen LogP contribution is -1.88. The first kappa shape index (κ1) is 10.7. The minimum Gasteiger partial charge on any atom is -0.276 e. The smallest absolute Gasteiger partial charge is 0.199 e. The second-order valence-electron chi connectivity index (χ2n) is 2.44. The molecule has 0 unspecified atom stereocenters. The van der Waals surface area contributed by atoms with Crippen LogP contribution in [-0.4, -0.2) is 9.38 Å². The fraction of sp³-hybridized carbons (Fsp3) is 0.125. The molecule has 0 amide bonds. The molecule has 0 saturated heterocycles. The van der Waals surface area contributed by atoms with E-state index in [1.807, 2.05) is 0 Å². The Morgan fingerprint density at radius 3 is 2.85 bits per heavy atom. The van der Waals surface area contributed by atoms with Gasteiger partial charge in [0.05, 0.1) is 5.69 Å². The molecule has 2 aromatic heterocycles. The molecular formula is C8H7Br2FN2. The number of nitrogens with zero attached hydrogens (tertiary/aromatic N) is 2.